The van der Waals surface area contributed by atoms with E-state index >= 15 is 0 Å². The van der Waals surface area contributed by atoms with Gasteiger partial charge in [0.1, 0.15) is 11.5 Å². The van der Waals surface area contributed by atoms with Gasteiger partial charge in [-0.3, -0.25) is 4.79 Å². The summed E-state index contributed by atoms with van der Waals surface area (Å²) in [6, 6.07) is 13.1. The number of benzene rings is 1. The Hall–Kier alpha value is -3.17. The zero-order valence-corrected chi connectivity index (χ0v) is 19.4. The minimum Gasteiger partial charge on any atom is -0.465 e. The molecule has 1 aliphatic rings. The Bertz CT molecular complexity index is 1210. The van der Waals surface area contributed by atoms with Crippen LogP contribution in [0.5, 0.6) is 0 Å². The molecule has 0 saturated carbocycles. The van der Waals surface area contributed by atoms with E-state index in [4.69, 9.17) is 8.94 Å². The molecule has 9 heteroatoms. The zero-order chi connectivity index (χ0) is 23.4. The quantitative estimate of drug-likeness (QED) is 0.560. The molecular formula is C24H27N3O5S. The topological polar surface area (TPSA) is 106 Å². The van der Waals surface area contributed by atoms with Crippen LogP contribution in [0.4, 0.5) is 0 Å². The van der Waals surface area contributed by atoms with Crippen LogP contribution in [-0.2, 0) is 14.8 Å². The van der Waals surface area contributed by atoms with Crippen molar-refractivity contribution in [2.75, 3.05) is 13.1 Å². The van der Waals surface area contributed by atoms with E-state index < -0.39 is 10.0 Å². The van der Waals surface area contributed by atoms with Gasteiger partial charge in [-0.15, -0.1) is 0 Å². The number of hydrogen-bond acceptors (Lipinski definition) is 6. The molecule has 1 fully saturated rings. The highest BCUT2D eigenvalue weighted by Gasteiger charge is 2.36. The highest BCUT2D eigenvalue weighted by Crippen LogP contribution is 2.29. The molecule has 1 amide bonds. The summed E-state index contributed by atoms with van der Waals surface area (Å²) < 4.78 is 38.6. The molecule has 0 aliphatic carbocycles. The second-order valence-electron chi connectivity index (χ2n) is 8.13. The van der Waals surface area contributed by atoms with Crippen LogP contribution in [0.25, 0.3) is 12.2 Å². The summed E-state index contributed by atoms with van der Waals surface area (Å²) in [4.78, 5) is 12.8. The van der Waals surface area contributed by atoms with Crippen LogP contribution in [0.3, 0.4) is 0 Å². The molecule has 3 aromatic rings. The molecule has 1 saturated heterocycles. The first kappa shape index (κ1) is 23.0. The molecule has 1 aromatic carbocycles. The van der Waals surface area contributed by atoms with Gasteiger partial charge in [0.05, 0.1) is 12.3 Å². The van der Waals surface area contributed by atoms with Crippen LogP contribution in [-0.4, -0.2) is 36.9 Å². The SMILES string of the molecule is Cc1noc(/C=C/c2ccco2)c1S(=O)(=O)N1CCC(C(=O)N[C@H](C)c2ccccc2)CC1. The fourth-order valence-electron chi connectivity index (χ4n) is 3.99. The molecule has 2 aromatic heterocycles. The number of carbonyl (C=O) groups excluding carboxylic acids is 1. The Labute approximate surface area is 193 Å². The average Bonchev–Trinajstić information content (AvgIpc) is 3.48. The van der Waals surface area contributed by atoms with Gasteiger partial charge in [0.25, 0.3) is 0 Å². The van der Waals surface area contributed by atoms with Crippen molar-refractivity contribution in [3.63, 3.8) is 0 Å². The number of nitrogens with zero attached hydrogens (tertiary/aromatic N) is 2. The van der Waals surface area contributed by atoms with Gasteiger partial charge in [0.2, 0.25) is 15.9 Å². The molecule has 8 nitrogen and oxygen atoms in total. The summed E-state index contributed by atoms with van der Waals surface area (Å²) >= 11 is 0. The van der Waals surface area contributed by atoms with E-state index in [1.165, 1.54) is 16.6 Å². The third-order valence-electron chi connectivity index (χ3n) is 5.86. The molecular weight excluding hydrogens is 442 g/mol. The molecule has 174 valence electrons. The fourth-order valence-corrected chi connectivity index (χ4v) is 5.71. The summed E-state index contributed by atoms with van der Waals surface area (Å²) in [6.45, 7) is 4.06. The maximum Gasteiger partial charge on any atom is 0.248 e. The largest absolute Gasteiger partial charge is 0.465 e. The van der Waals surface area contributed by atoms with Gasteiger partial charge >= 0.3 is 0 Å². The standard InChI is InChI=1S/C24H27N3O5S/c1-17(19-7-4-3-5-8-19)25-24(28)20-12-14-27(15-13-20)33(29,30)23-18(2)26-32-22(23)11-10-21-9-6-16-31-21/h3-11,16-17,20H,12-15H2,1-2H3,(H,25,28)/b11-10+/t17-/m1/s1. The molecule has 1 atom stereocenters. The number of amides is 1. The van der Waals surface area contributed by atoms with E-state index in [0.29, 0.717) is 24.3 Å². The lowest BCUT2D eigenvalue weighted by Gasteiger charge is -2.31. The van der Waals surface area contributed by atoms with Crippen molar-refractivity contribution in [2.24, 2.45) is 5.92 Å². The smallest absolute Gasteiger partial charge is 0.248 e. The normalized spacial score (nSPS) is 16.8. The summed E-state index contributed by atoms with van der Waals surface area (Å²) in [7, 11) is -3.82. The van der Waals surface area contributed by atoms with Gasteiger partial charge in [-0.2, -0.15) is 4.31 Å². The van der Waals surface area contributed by atoms with Gasteiger partial charge in [-0.1, -0.05) is 35.5 Å². The second-order valence-corrected chi connectivity index (χ2v) is 10.0. The molecule has 0 spiro atoms. The van der Waals surface area contributed by atoms with Gasteiger partial charge in [-0.05, 0) is 56.5 Å². The molecule has 0 bridgehead atoms. The number of rotatable bonds is 7. The average molecular weight is 470 g/mol. The van der Waals surface area contributed by atoms with E-state index in [9.17, 15) is 13.2 Å². The van der Waals surface area contributed by atoms with E-state index in [0.717, 1.165) is 5.56 Å². The van der Waals surface area contributed by atoms with Gasteiger partial charge in [-0.25, -0.2) is 8.42 Å². The van der Waals surface area contributed by atoms with E-state index in [1.54, 1.807) is 25.1 Å². The van der Waals surface area contributed by atoms with E-state index in [1.807, 2.05) is 37.3 Å². The first-order valence-electron chi connectivity index (χ1n) is 10.9. The second kappa shape index (κ2) is 9.76. The number of hydrogen-bond donors (Lipinski definition) is 1. The maximum atomic E-state index is 13.4. The first-order valence-corrected chi connectivity index (χ1v) is 12.3. The summed E-state index contributed by atoms with van der Waals surface area (Å²) in [5.74, 6) is 0.445. The van der Waals surface area contributed by atoms with Gasteiger partial charge in [0, 0.05) is 19.0 Å². The van der Waals surface area contributed by atoms with Crippen molar-refractivity contribution in [1.29, 1.82) is 0 Å². The van der Waals surface area contributed by atoms with Crippen LogP contribution in [0.2, 0.25) is 0 Å². The third-order valence-corrected chi connectivity index (χ3v) is 7.91. The van der Waals surface area contributed by atoms with Crippen LogP contribution >= 0.6 is 0 Å². The molecule has 33 heavy (non-hydrogen) atoms. The Morgan fingerprint density at radius 1 is 1.15 bits per heavy atom. The van der Waals surface area contributed by atoms with E-state index in [-0.39, 0.29) is 41.6 Å². The number of sulfonamides is 1. The number of carbonyl (C=O) groups is 1. The number of piperidine rings is 1. The molecule has 0 radical (unpaired) electrons. The Kier molecular flexibility index (Phi) is 6.80. The number of aryl methyl sites for hydroxylation is 1. The molecule has 0 unspecified atom stereocenters. The lowest BCUT2D eigenvalue weighted by Crippen LogP contribution is -2.43. The molecule has 1 N–H and O–H groups in total. The predicted octanol–water partition coefficient (Wildman–Crippen LogP) is 4.02. The molecule has 4 rings (SSSR count). The molecule has 1 aliphatic heterocycles. The van der Waals surface area contributed by atoms with Crippen LogP contribution < -0.4 is 5.32 Å². The van der Waals surface area contributed by atoms with Crippen molar-refractivity contribution in [3.05, 3.63) is 71.5 Å². The Balaban J connectivity index is 1.41. The minimum atomic E-state index is -3.82. The maximum absolute atomic E-state index is 13.4. The van der Waals surface area contributed by atoms with Crippen LogP contribution in [0, 0.1) is 12.8 Å². The monoisotopic (exact) mass is 469 g/mol. The predicted molar refractivity (Wildman–Crippen MR) is 123 cm³/mol. The number of furan rings is 1. The van der Waals surface area contributed by atoms with Gasteiger partial charge in [0.15, 0.2) is 10.7 Å². The highest BCUT2D eigenvalue weighted by molar-refractivity contribution is 7.89. The van der Waals surface area contributed by atoms with Crippen molar-refractivity contribution >= 4 is 28.1 Å². The minimum absolute atomic E-state index is 0.0471. The number of nitrogens with one attached hydrogen (secondary N) is 1. The molecule has 3 heterocycles. The third kappa shape index (κ3) is 5.09. The van der Waals surface area contributed by atoms with E-state index in [2.05, 4.69) is 10.5 Å². The van der Waals surface area contributed by atoms with Crippen molar-refractivity contribution in [1.82, 2.24) is 14.8 Å². The lowest BCUT2D eigenvalue weighted by atomic mass is 9.96. The van der Waals surface area contributed by atoms with Crippen LogP contribution in [0.1, 0.15) is 48.6 Å². The van der Waals surface area contributed by atoms with Crippen molar-refractivity contribution < 1.29 is 22.2 Å². The summed E-state index contributed by atoms with van der Waals surface area (Å²) in [6.07, 6.45) is 5.60. The van der Waals surface area contributed by atoms with Crippen molar-refractivity contribution in [3.8, 4) is 0 Å². The summed E-state index contributed by atoms with van der Waals surface area (Å²) in [5, 5.41) is 6.90. The Morgan fingerprint density at radius 2 is 1.88 bits per heavy atom. The highest BCUT2D eigenvalue weighted by atomic mass is 32.2. The van der Waals surface area contributed by atoms with Gasteiger partial charge < -0.3 is 14.3 Å². The van der Waals surface area contributed by atoms with Crippen LogP contribution in [0.15, 0.2) is 62.6 Å². The first-order chi connectivity index (χ1) is 15.9. The lowest BCUT2D eigenvalue weighted by molar-refractivity contribution is -0.126. The Morgan fingerprint density at radius 3 is 2.55 bits per heavy atom. The van der Waals surface area contributed by atoms with Crippen molar-refractivity contribution in [2.45, 2.75) is 37.6 Å². The zero-order valence-electron chi connectivity index (χ0n) is 18.6. The summed E-state index contributed by atoms with van der Waals surface area (Å²) in [5.41, 5.74) is 1.33. The fraction of sp³-hybridized carbons (Fsp3) is 0.333. The number of aromatic nitrogens is 1.